The van der Waals surface area contributed by atoms with E-state index in [1.165, 1.54) is 32.1 Å². The van der Waals surface area contributed by atoms with Gasteiger partial charge in [0.15, 0.2) is 0 Å². The van der Waals surface area contributed by atoms with Crippen LogP contribution in [-0.4, -0.2) is 0 Å². The molecule has 1 radical (unpaired) electrons. The van der Waals surface area contributed by atoms with E-state index in [2.05, 4.69) is 48.5 Å². The zero-order valence-corrected chi connectivity index (χ0v) is 15.1. The van der Waals surface area contributed by atoms with E-state index in [4.69, 9.17) is 0 Å². The molecule has 0 aliphatic heterocycles. The zero-order valence-electron chi connectivity index (χ0n) is 12.2. The molecule has 0 aliphatic carbocycles. The van der Waals surface area contributed by atoms with Crippen molar-refractivity contribution in [2.45, 2.75) is 80.1 Å². The Morgan fingerprint density at radius 1 is 0.733 bits per heavy atom. The quantitative estimate of drug-likeness (QED) is 0.553. The largest absolute Gasteiger partial charge is 0.346 e. The van der Waals surface area contributed by atoms with Crippen molar-refractivity contribution in [2.24, 2.45) is 0 Å². The third-order valence-corrected chi connectivity index (χ3v) is 1.06. The van der Waals surface area contributed by atoms with Crippen molar-refractivity contribution in [1.82, 2.24) is 0 Å². The normalized spacial score (nSPS) is 6.40. The van der Waals surface area contributed by atoms with Gasteiger partial charge in [-0.25, -0.2) is 0 Å². The summed E-state index contributed by atoms with van der Waals surface area (Å²) < 4.78 is 0. The maximum Gasteiger partial charge on any atom is 0 e. The SMILES string of the molecule is CCC.CCCCC.[CH2-]C.[CH2-]CCC.[Y]. The first-order chi connectivity index (χ1) is 6.74. The number of hydrogen-bond donors (Lipinski definition) is 0. The van der Waals surface area contributed by atoms with Crippen LogP contribution in [-0.2, 0) is 32.7 Å². The summed E-state index contributed by atoms with van der Waals surface area (Å²) in [6, 6.07) is 0. The van der Waals surface area contributed by atoms with Crippen molar-refractivity contribution in [2.75, 3.05) is 0 Å². The minimum atomic E-state index is 0. The molecular formula is C14H34Y-2. The maximum atomic E-state index is 3.60. The minimum Gasteiger partial charge on any atom is -0.346 e. The summed E-state index contributed by atoms with van der Waals surface area (Å²) in [4.78, 5) is 0. The van der Waals surface area contributed by atoms with Gasteiger partial charge in [-0.1, -0.05) is 66.7 Å². The molecule has 0 unspecified atom stereocenters. The van der Waals surface area contributed by atoms with Crippen LogP contribution < -0.4 is 0 Å². The molecule has 95 valence electrons. The van der Waals surface area contributed by atoms with Gasteiger partial charge in [-0.3, -0.25) is 0 Å². The predicted octanol–water partition coefficient (Wildman–Crippen LogP) is 6.07. The fraction of sp³-hybridized carbons (Fsp3) is 0.857. The molecule has 0 spiro atoms. The van der Waals surface area contributed by atoms with Crippen molar-refractivity contribution in [3.05, 3.63) is 13.8 Å². The van der Waals surface area contributed by atoms with Crippen molar-refractivity contribution >= 4 is 0 Å². The fourth-order valence-corrected chi connectivity index (χ4v) is 0.354. The summed E-state index contributed by atoms with van der Waals surface area (Å²) in [5.74, 6) is 0. The molecule has 0 aromatic rings. The van der Waals surface area contributed by atoms with Gasteiger partial charge in [-0.05, 0) is 0 Å². The van der Waals surface area contributed by atoms with Crippen LogP contribution in [0.3, 0.4) is 0 Å². The molecule has 0 aliphatic rings. The average Bonchev–Trinajstić information content (AvgIpc) is 2.24. The Balaban J connectivity index is -0.0000000305. The van der Waals surface area contributed by atoms with Crippen molar-refractivity contribution in [1.29, 1.82) is 0 Å². The van der Waals surface area contributed by atoms with Crippen LogP contribution in [0.15, 0.2) is 0 Å². The Morgan fingerprint density at radius 3 is 0.933 bits per heavy atom. The Kier molecular flexibility index (Phi) is 118. The minimum absolute atomic E-state index is 0. The molecule has 15 heavy (non-hydrogen) atoms. The summed E-state index contributed by atoms with van der Waals surface area (Å²) in [5.41, 5.74) is 0. The molecule has 0 aromatic heterocycles. The van der Waals surface area contributed by atoms with E-state index in [1.807, 2.05) is 0 Å². The van der Waals surface area contributed by atoms with E-state index in [1.54, 1.807) is 6.92 Å². The zero-order chi connectivity index (χ0) is 12.2. The van der Waals surface area contributed by atoms with Gasteiger partial charge in [0, 0.05) is 32.7 Å². The van der Waals surface area contributed by atoms with Crippen molar-refractivity contribution in [3.8, 4) is 0 Å². The van der Waals surface area contributed by atoms with Crippen LogP contribution in [0.5, 0.6) is 0 Å². The van der Waals surface area contributed by atoms with E-state index in [0.29, 0.717) is 0 Å². The van der Waals surface area contributed by atoms with Crippen LogP contribution >= 0.6 is 0 Å². The molecule has 0 rings (SSSR count). The van der Waals surface area contributed by atoms with Gasteiger partial charge in [0.1, 0.15) is 0 Å². The Morgan fingerprint density at radius 2 is 0.933 bits per heavy atom. The third-order valence-electron chi connectivity index (χ3n) is 1.06. The van der Waals surface area contributed by atoms with Crippen LogP contribution in [0, 0.1) is 13.8 Å². The van der Waals surface area contributed by atoms with Crippen molar-refractivity contribution < 1.29 is 32.7 Å². The van der Waals surface area contributed by atoms with Crippen LogP contribution in [0.25, 0.3) is 0 Å². The molecule has 0 heterocycles. The van der Waals surface area contributed by atoms with Gasteiger partial charge in [0.2, 0.25) is 0 Å². The van der Waals surface area contributed by atoms with E-state index in [0.717, 1.165) is 6.42 Å². The average molecular weight is 291 g/mol. The molecule has 0 atom stereocenters. The second-order valence-electron chi connectivity index (χ2n) is 2.91. The molecule has 0 saturated heterocycles. The molecule has 0 bridgehead atoms. The van der Waals surface area contributed by atoms with Gasteiger partial charge < -0.3 is 13.8 Å². The molecule has 0 aromatic carbocycles. The fourth-order valence-electron chi connectivity index (χ4n) is 0.354. The summed E-state index contributed by atoms with van der Waals surface area (Å²) in [6.45, 7) is 19.4. The second kappa shape index (κ2) is 59.5. The summed E-state index contributed by atoms with van der Waals surface area (Å²) in [7, 11) is 0. The van der Waals surface area contributed by atoms with Gasteiger partial charge >= 0.3 is 0 Å². The first-order valence-electron chi connectivity index (χ1n) is 6.24. The number of rotatable bonds is 3. The standard InChI is InChI=1S/C5H12.C4H9.C3H8.C2H5.Y/c1-3-5-4-2;1-3-4-2;1-3-2;1-2;/h3-5H2,1-2H3;1,3-4H2,2H3;3H2,1-2H3;1H2,2H3;/q;-1;;-1;. The van der Waals surface area contributed by atoms with E-state index in [9.17, 15) is 0 Å². The van der Waals surface area contributed by atoms with E-state index >= 15 is 0 Å². The van der Waals surface area contributed by atoms with Gasteiger partial charge in [0.25, 0.3) is 0 Å². The first kappa shape index (κ1) is 29.8. The second-order valence-corrected chi connectivity index (χ2v) is 2.91. The summed E-state index contributed by atoms with van der Waals surface area (Å²) in [5, 5.41) is 0. The Hall–Kier alpha value is 1.10. The van der Waals surface area contributed by atoms with Crippen LogP contribution in [0.4, 0.5) is 0 Å². The van der Waals surface area contributed by atoms with Gasteiger partial charge in [-0.2, -0.15) is 13.3 Å². The molecule has 0 N–H and O–H groups in total. The Labute approximate surface area is 126 Å². The monoisotopic (exact) mass is 291 g/mol. The maximum absolute atomic E-state index is 3.60. The number of unbranched alkanes of at least 4 members (excludes halogenated alkanes) is 3. The molecule has 0 fully saturated rings. The topological polar surface area (TPSA) is 0 Å². The molecular weight excluding hydrogens is 257 g/mol. The van der Waals surface area contributed by atoms with Crippen LogP contribution in [0.1, 0.15) is 80.1 Å². The van der Waals surface area contributed by atoms with Gasteiger partial charge in [-0.15, -0.1) is 0 Å². The van der Waals surface area contributed by atoms with Gasteiger partial charge in [0.05, 0.1) is 0 Å². The number of hydrogen-bond acceptors (Lipinski definition) is 0. The van der Waals surface area contributed by atoms with E-state index in [-0.39, 0.29) is 32.7 Å². The van der Waals surface area contributed by atoms with E-state index < -0.39 is 0 Å². The smallest absolute Gasteiger partial charge is 0 e. The molecule has 0 saturated carbocycles. The first-order valence-corrected chi connectivity index (χ1v) is 6.24. The molecule has 0 nitrogen and oxygen atoms in total. The summed E-state index contributed by atoms with van der Waals surface area (Å²) >= 11 is 0. The van der Waals surface area contributed by atoms with Crippen molar-refractivity contribution in [3.63, 3.8) is 0 Å². The third kappa shape index (κ3) is 154. The summed E-state index contributed by atoms with van der Waals surface area (Å²) in [6.07, 6.45) is 7.60. The van der Waals surface area contributed by atoms with Crippen LogP contribution in [0.2, 0.25) is 0 Å². The predicted molar refractivity (Wildman–Crippen MR) is 72.5 cm³/mol. The molecule has 1 heteroatoms. The Bertz CT molecular complexity index is 32.3. The molecule has 0 amide bonds.